The summed E-state index contributed by atoms with van der Waals surface area (Å²) in [4.78, 5) is 14.5. The van der Waals surface area contributed by atoms with Crippen molar-refractivity contribution < 1.29 is 13.9 Å². The Balaban J connectivity index is 2.27. The van der Waals surface area contributed by atoms with Crippen LogP contribution in [0.4, 0.5) is 4.39 Å². The van der Waals surface area contributed by atoms with Crippen LogP contribution in [0, 0.1) is 12.7 Å². The number of aromatic nitrogens is 1. The van der Waals surface area contributed by atoms with Crippen LogP contribution in [0.2, 0.25) is 0 Å². The molecule has 2 aromatic rings. The smallest absolute Gasteiger partial charge is 0.219 e. The molecular weight excluding hydrogens is 221 g/mol. The zero-order valence-electron chi connectivity index (χ0n) is 9.18. The number of nitrogens with zero attached hydrogens (tertiary/aromatic N) is 1. The third-order valence-electron chi connectivity index (χ3n) is 2.17. The second kappa shape index (κ2) is 4.74. The highest BCUT2D eigenvalue weighted by Crippen LogP contribution is 2.23. The van der Waals surface area contributed by atoms with Crippen LogP contribution in [0.15, 0.2) is 36.4 Å². The molecule has 3 nitrogen and oxygen atoms in total. The third-order valence-corrected chi connectivity index (χ3v) is 2.17. The number of carbonyl (C=O) groups is 1. The van der Waals surface area contributed by atoms with Crippen molar-refractivity contribution in [2.24, 2.45) is 0 Å². The third kappa shape index (κ3) is 2.66. The van der Waals surface area contributed by atoms with Gasteiger partial charge < -0.3 is 4.74 Å². The maximum absolute atomic E-state index is 13.5. The van der Waals surface area contributed by atoms with Gasteiger partial charge in [-0.05, 0) is 31.2 Å². The molecule has 0 saturated heterocycles. The zero-order valence-corrected chi connectivity index (χ0v) is 9.18. The van der Waals surface area contributed by atoms with Gasteiger partial charge in [0.15, 0.2) is 11.6 Å². The van der Waals surface area contributed by atoms with Gasteiger partial charge >= 0.3 is 0 Å². The first-order chi connectivity index (χ1) is 8.19. The van der Waals surface area contributed by atoms with Gasteiger partial charge in [-0.15, -0.1) is 0 Å². The predicted molar refractivity (Wildman–Crippen MR) is 60.8 cm³/mol. The standard InChI is InChI=1S/C13H10FNO2/c1-9-3-2-4-13(15-9)17-12-6-5-10(8-16)7-11(12)14/h2-8H,1H3. The lowest BCUT2D eigenvalue weighted by atomic mass is 10.2. The van der Waals surface area contributed by atoms with Crippen LogP contribution in [0.1, 0.15) is 16.1 Å². The topological polar surface area (TPSA) is 39.2 Å². The van der Waals surface area contributed by atoms with Crippen molar-refractivity contribution in [2.45, 2.75) is 6.92 Å². The van der Waals surface area contributed by atoms with E-state index in [1.165, 1.54) is 12.1 Å². The number of benzene rings is 1. The minimum absolute atomic E-state index is 0.0497. The van der Waals surface area contributed by atoms with Gasteiger partial charge in [0, 0.05) is 17.3 Å². The molecule has 0 bridgehead atoms. The summed E-state index contributed by atoms with van der Waals surface area (Å²) in [7, 11) is 0. The number of rotatable bonds is 3. The minimum atomic E-state index is -0.585. The molecule has 1 aromatic carbocycles. The molecule has 0 unspecified atom stereocenters. The number of aryl methyl sites for hydroxylation is 1. The Bertz CT molecular complexity index is 555. The van der Waals surface area contributed by atoms with Gasteiger partial charge in [0.05, 0.1) is 0 Å². The van der Waals surface area contributed by atoms with Crippen molar-refractivity contribution in [1.82, 2.24) is 4.98 Å². The molecule has 0 aliphatic carbocycles. The highest BCUT2D eigenvalue weighted by molar-refractivity contribution is 5.75. The first kappa shape index (κ1) is 11.3. The number of aldehydes is 1. The summed E-state index contributed by atoms with van der Waals surface area (Å²) in [5.74, 6) is -0.214. The number of ether oxygens (including phenoxy) is 1. The van der Waals surface area contributed by atoms with E-state index in [0.29, 0.717) is 12.2 Å². The van der Waals surface area contributed by atoms with E-state index in [0.717, 1.165) is 11.8 Å². The van der Waals surface area contributed by atoms with Crippen LogP contribution in [0.3, 0.4) is 0 Å². The van der Waals surface area contributed by atoms with Gasteiger partial charge in [0.25, 0.3) is 0 Å². The number of hydrogen-bond donors (Lipinski definition) is 0. The fourth-order valence-electron chi connectivity index (χ4n) is 1.36. The maximum atomic E-state index is 13.5. The predicted octanol–water partition coefficient (Wildman–Crippen LogP) is 3.13. The van der Waals surface area contributed by atoms with Crippen molar-refractivity contribution in [3.05, 3.63) is 53.5 Å². The molecule has 0 radical (unpaired) electrons. The summed E-state index contributed by atoms with van der Waals surface area (Å²) in [6, 6.07) is 9.25. The molecule has 0 aliphatic rings. The number of carbonyl (C=O) groups excluding carboxylic acids is 1. The summed E-state index contributed by atoms with van der Waals surface area (Å²) in [5.41, 5.74) is 1.06. The van der Waals surface area contributed by atoms with E-state index >= 15 is 0 Å². The summed E-state index contributed by atoms with van der Waals surface area (Å²) >= 11 is 0. The van der Waals surface area contributed by atoms with Gasteiger partial charge in [-0.2, -0.15) is 0 Å². The van der Waals surface area contributed by atoms with Crippen molar-refractivity contribution in [3.63, 3.8) is 0 Å². The summed E-state index contributed by atoms with van der Waals surface area (Å²) in [6.07, 6.45) is 0.581. The lowest BCUT2D eigenvalue weighted by Crippen LogP contribution is -1.93. The largest absolute Gasteiger partial charge is 0.436 e. The first-order valence-corrected chi connectivity index (χ1v) is 5.05. The Kier molecular flexibility index (Phi) is 3.14. The average Bonchev–Trinajstić information content (AvgIpc) is 2.32. The van der Waals surface area contributed by atoms with Crippen LogP contribution in [0.25, 0.3) is 0 Å². The number of halogens is 1. The van der Waals surface area contributed by atoms with Crippen molar-refractivity contribution in [1.29, 1.82) is 0 Å². The highest BCUT2D eigenvalue weighted by Gasteiger charge is 2.06. The van der Waals surface area contributed by atoms with E-state index in [1.807, 2.05) is 13.0 Å². The Morgan fingerprint density at radius 2 is 2.12 bits per heavy atom. The molecule has 17 heavy (non-hydrogen) atoms. The number of pyridine rings is 1. The lowest BCUT2D eigenvalue weighted by Gasteiger charge is -2.06. The van der Waals surface area contributed by atoms with Crippen LogP contribution >= 0.6 is 0 Å². The van der Waals surface area contributed by atoms with Gasteiger partial charge in [0.1, 0.15) is 6.29 Å². The SMILES string of the molecule is Cc1cccc(Oc2ccc(C=O)cc2F)n1. The van der Waals surface area contributed by atoms with Gasteiger partial charge in [-0.3, -0.25) is 4.79 Å². The maximum Gasteiger partial charge on any atom is 0.219 e. The fourth-order valence-corrected chi connectivity index (χ4v) is 1.36. The summed E-state index contributed by atoms with van der Waals surface area (Å²) in [6.45, 7) is 1.82. The molecule has 0 saturated carbocycles. The fraction of sp³-hybridized carbons (Fsp3) is 0.0769. The molecular formula is C13H10FNO2. The molecule has 1 heterocycles. The highest BCUT2D eigenvalue weighted by atomic mass is 19.1. The Morgan fingerprint density at radius 1 is 1.29 bits per heavy atom. The molecule has 0 aliphatic heterocycles. The second-order valence-electron chi connectivity index (χ2n) is 3.53. The molecule has 1 aromatic heterocycles. The van der Waals surface area contributed by atoms with Crippen molar-refractivity contribution in [2.75, 3.05) is 0 Å². The summed E-state index contributed by atoms with van der Waals surface area (Å²) < 4.78 is 18.8. The van der Waals surface area contributed by atoms with E-state index in [9.17, 15) is 9.18 Å². The molecule has 86 valence electrons. The van der Waals surface area contributed by atoms with E-state index in [2.05, 4.69) is 4.98 Å². The van der Waals surface area contributed by atoms with Gasteiger partial charge in [0.2, 0.25) is 5.88 Å². The molecule has 2 rings (SSSR count). The number of hydrogen-bond acceptors (Lipinski definition) is 3. The van der Waals surface area contributed by atoms with E-state index in [4.69, 9.17) is 4.74 Å². The Labute approximate surface area is 97.9 Å². The van der Waals surface area contributed by atoms with Gasteiger partial charge in [-0.1, -0.05) is 6.07 Å². The Morgan fingerprint density at radius 3 is 2.76 bits per heavy atom. The molecule has 0 N–H and O–H groups in total. The molecule has 0 spiro atoms. The van der Waals surface area contributed by atoms with Crippen LogP contribution < -0.4 is 4.74 Å². The normalized spacial score (nSPS) is 10.0. The van der Waals surface area contributed by atoms with Crippen LogP contribution in [-0.4, -0.2) is 11.3 Å². The Hall–Kier alpha value is -2.23. The quantitative estimate of drug-likeness (QED) is 0.762. The summed E-state index contributed by atoms with van der Waals surface area (Å²) in [5, 5.41) is 0. The second-order valence-corrected chi connectivity index (χ2v) is 3.53. The lowest BCUT2D eigenvalue weighted by molar-refractivity contribution is 0.112. The average molecular weight is 231 g/mol. The van der Waals surface area contributed by atoms with E-state index in [1.54, 1.807) is 12.1 Å². The van der Waals surface area contributed by atoms with E-state index < -0.39 is 5.82 Å². The molecule has 0 amide bonds. The van der Waals surface area contributed by atoms with Crippen molar-refractivity contribution >= 4 is 6.29 Å². The first-order valence-electron chi connectivity index (χ1n) is 5.05. The molecule has 0 fully saturated rings. The van der Waals surface area contributed by atoms with E-state index in [-0.39, 0.29) is 11.3 Å². The van der Waals surface area contributed by atoms with Gasteiger partial charge in [-0.25, -0.2) is 9.37 Å². The zero-order chi connectivity index (χ0) is 12.3. The molecule has 4 heteroatoms. The monoisotopic (exact) mass is 231 g/mol. The van der Waals surface area contributed by atoms with Crippen LogP contribution in [-0.2, 0) is 0 Å². The van der Waals surface area contributed by atoms with Crippen molar-refractivity contribution in [3.8, 4) is 11.6 Å². The van der Waals surface area contributed by atoms with Crippen LogP contribution in [0.5, 0.6) is 11.6 Å². The minimum Gasteiger partial charge on any atom is -0.436 e. The molecule has 0 atom stereocenters.